The molecule has 0 spiro atoms. The lowest BCUT2D eigenvalue weighted by atomic mass is 10.1. The summed E-state index contributed by atoms with van der Waals surface area (Å²) in [6, 6.07) is 11.8. The van der Waals surface area contributed by atoms with Crippen molar-refractivity contribution in [3.05, 3.63) is 58.6 Å². The molecule has 1 fully saturated rings. The van der Waals surface area contributed by atoms with Crippen molar-refractivity contribution in [2.45, 2.75) is 35.6 Å². The Morgan fingerprint density at radius 3 is 2.54 bits per heavy atom. The summed E-state index contributed by atoms with van der Waals surface area (Å²) < 4.78 is 28.1. The van der Waals surface area contributed by atoms with E-state index >= 15 is 0 Å². The Morgan fingerprint density at radius 1 is 1.14 bits per heavy atom. The Morgan fingerprint density at radius 2 is 1.86 bits per heavy atom. The van der Waals surface area contributed by atoms with Crippen molar-refractivity contribution < 1.29 is 13.2 Å². The zero-order chi connectivity index (χ0) is 20.1. The molecule has 1 aliphatic rings. The van der Waals surface area contributed by atoms with Crippen LogP contribution >= 0.6 is 23.4 Å². The van der Waals surface area contributed by atoms with E-state index in [0.717, 1.165) is 24.2 Å². The smallest absolute Gasteiger partial charge is 0.255 e. The molecule has 0 atom stereocenters. The lowest BCUT2D eigenvalue weighted by Gasteiger charge is -2.27. The molecule has 0 unspecified atom stereocenters. The van der Waals surface area contributed by atoms with Gasteiger partial charge < -0.3 is 4.90 Å². The summed E-state index contributed by atoms with van der Waals surface area (Å²) in [5.74, 6) is -0.104. The van der Waals surface area contributed by atoms with Crippen molar-refractivity contribution in [1.82, 2.24) is 9.62 Å². The van der Waals surface area contributed by atoms with Crippen LogP contribution in [0.5, 0.6) is 0 Å². The zero-order valence-corrected chi connectivity index (χ0v) is 18.0. The van der Waals surface area contributed by atoms with Gasteiger partial charge in [-0.1, -0.05) is 29.8 Å². The number of halogens is 1. The van der Waals surface area contributed by atoms with E-state index in [-0.39, 0.29) is 17.3 Å². The number of sulfonamides is 1. The van der Waals surface area contributed by atoms with E-state index in [1.54, 1.807) is 30.3 Å². The van der Waals surface area contributed by atoms with Gasteiger partial charge in [0.05, 0.1) is 10.5 Å². The molecule has 2 aromatic rings. The van der Waals surface area contributed by atoms with Crippen LogP contribution in [0.2, 0.25) is 5.02 Å². The Labute approximate surface area is 175 Å². The Bertz CT molecular complexity index is 958. The molecule has 150 valence electrons. The van der Waals surface area contributed by atoms with E-state index in [2.05, 4.69) is 4.72 Å². The molecule has 8 heteroatoms. The van der Waals surface area contributed by atoms with E-state index in [9.17, 15) is 13.2 Å². The predicted molar refractivity (Wildman–Crippen MR) is 113 cm³/mol. The third-order valence-electron chi connectivity index (χ3n) is 4.77. The number of nitrogens with zero attached hydrogens (tertiary/aromatic N) is 1. The average Bonchev–Trinajstić information content (AvgIpc) is 2.72. The topological polar surface area (TPSA) is 66.5 Å². The fourth-order valence-electron chi connectivity index (χ4n) is 3.19. The first-order valence-electron chi connectivity index (χ1n) is 9.13. The van der Waals surface area contributed by atoms with Crippen molar-refractivity contribution in [3.63, 3.8) is 0 Å². The second-order valence-corrected chi connectivity index (χ2v) is 9.65. The van der Waals surface area contributed by atoms with Gasteiger partial charge in [-0.15, -0.1) is 11.8 Å². The normalized spacial score (nSPS) is 14.9. The molecule has 2 aromatic carbocycles. The molecule has 5 nitrogen and oxygen atoms in total. The maximum absolute atomic E-state index is 13.0. The fraction of sp³-hybridized carbons (Fsp3) is 0.350. The van der Waals surface area contributed by atoms with E-state index in [4.69, 9.17) is 11.6 Å². The standard InChI is InChI=1S/C20H23ClN2O3S2/c1-27-19-10-9-16(13-17(19)20(24)23-11-5-2-6-12-23)28(25,26)22-14-15-7-3-4-8-18(15)21/h3-4,7-10,13,22H,2,5-6,11-12,14H2,1H3. The second kappa shape index (κ2) is 9.31. The minimum Gasteiger partial charge on any atom is -0.339 e. The maximum Gasteiger partial charge on any atom is 0.255 e. The van der Waals surface area contributed by atoms with Gasteiger partial charge in [0.1, 0.15) is 0 Å². The molecule has 0 radical (unpaired) electrons. The first-order valence-corrected chi connectivity index (χ1v) is 12.2. The maximum atomic E-state index is 13.0. The summed E-state index contributed by atoms with van der Waals surface area (Å²) in [5, 5.41) is 0.504. The van der Waals surface area contributed by atoms with E-state index < -0.39 is 10.0 Å². The zero-order valence-electron chi connectivity index (χ0n) is 15.7. The average molecular weight is 439 g/mol. The van der Waals surface area contributed by atoms with Crippen LogP contribution in [0, 0.1) is 0 Å². The number of hydrogen-bond acceptors (Lipinski definition) is 4. The van der Waals surface area contributed by atoms with Crippen LogP contribution in [-0.2, 0) is 16.6 Å². The highest BCUT2D eigenvalue weighted by Gasteiger charge is 2.23. The molecule has 0 saturated carbocycles. The van der Waals surface area contributed by atoms with Gasteiger partial charge in [0.25, 0.3) is 5.91 Å². The van der Waals surface area contributed by atoms with Crippen molar-refractivity contribution in [2.24, 2.45) is 0 Å². The van der Waals surface area contributed by atoms with Crippen LogP contribution in [-0.4, -0.2) is 38.6 Å². The predicted octanol–water partition coefficient (Wildman–Crippen LogP) is 4.17. The Hall–Kier alpha value is -1.54. The summed E-state index contributed by atoms with van der Waals surface area (Å²) in [5.41, 5.74) is 1.13. The quantitative estimate of drug-likeness (QED) is 0.687. The molecule has 1 heterocycles. The highest BCUT2D eigenvalue weighted by atomic mass is 35.5. The summed E-state index contributed by atoms with van der Waals surface area (Å²) >= 11 is 7.54. The molecule has 1 amide bonds. The van der Waals surface area contributed by atoms with E-state index in [1.165, 1.54) is 23.9 Å². The molecular formula is C20H23ClN2O3S2. The summed E-state index contributed by atoms with van der Waals surface area (Å²) in [6.07, 6.45) is 4.97. The number of carbonyl (C=O) groups excluding carboxylic acids is 1. The third-order valence-corrected chi connectivity index (χ3v) is 7.33. The van der Waals surface area contributed by atoms with Gasteiger partial charge in [-0.05, 0) is 55.3 Å². The summed E-state index contributed by atoms with van der Waals surface area (Å²) in [7, 11) is -3.78. The summed E-state index contributed by atoms with van der Waals surface area (Å²) in [6.45, 7) is 1.52. The number of likely N-dealkylation sites (tertiary alicyclic amines) is 1. The van der Waals surface area contributed by atoms with Crippen LogP contribution < -0.4 is 4.72 Å². The molecule has 28 heavy (non-hydrogen) atoms. The van der Waals surface area contributed by atoms with Gasteiger partial charge in [-0.25, -0.2) is 13.1 Å². The minimum absolute atomic E-state index is 0.0812. The third kappa shape index (κ3) is 4.89. The van der Waals surface area contributed by atoms with Gasteiger partial charge in [0.2, 0.25) is 10.0 Å². The number of amides is 1. The lowest BCUT2D eigenvalue weighted by Crippen LogP contribution is -2.36. The minimum atomic E-state index is -3.78. The molecule has 3 rings (SSSR count). The molecule has 0 aliphatic carbocycles. The number of thioether (sulfide) groups is 1. The number of piperidine rings is 1. The molecule has 0 bridgehead atoms. The number of carbonyl (C=O) groups is 1. The van der Waals surface area contributed by atoms with Gasteiger partial charge >= 0.3 is 0 Å². The van der Waals surface area contributed by atoms with Crippen LogP contribution in [0.1, 0.15) is 35.2 Å². The number of rotatable bonds is 6. The second-order valence-electron chi connectivity index (χ2n) is 6.63. The van der Waals surface area contributed by atoms with Crippen LogP contribution in [0.3, 0.4) is 0 Å². The lowest BCUT2D eigenvalue weighted by molar-refractivity contribution is 0.0720. The van der Waals surface area contributed by atoms with Crippen LogP contribution in [0.15, 0.2) is 52.3 Å². The monoisotopic (exact) mass is 438 g/mol. The van der Waals surface area contributed by atoms with Gasteiger partial charge in [-0.3, -0.25) is 4.79 Å². The molecule has 1 N–H and O–H groups in total. The van der Waals surface area contributed by atoms with E-state index in [0.29, 0.717) is 29.2 Å². The van der Waals surface area contributed by atoms with Crippen LogP contribution in [0.4, 0.5) is 0 Å². The molecule has 1 aliphatic heterocycles. The van der Waals surface area contributed by atoms with Gasteiger partial charge in [0, 0.05) is 29.6 Å². The van der Waals surface area contributed by atoms with Crippen molar-refractivity contribution >= 4 is 39.3 Å². The van der Waals surface area contributed by atoms with Gasteiger partial charge in [0.15, 0.2) is 0 Å². The molecule has 1 saturated heterocycles. The van der Waals surface area contributed by atoms with Crippen molar-refractivity contribution in [3.8, 4) is 0 Å². The number of nitrogens with one attached hydrogen (secondary N) is 1. The number of benzene rings is 2. The van der Waals surface area contributed by atoms with Crippen molar-refractivity contribution in [1.29, 1.82) is 0 Å². The van der Waals surface area contributed by atoms with Gasteiger partial charge in [-0.2, -0.15) is 0 Å². The summed E-state index contributed by atoms with van der Waals surface area (Å²) in [4.78, 5) is 15.6. The largest absolute Gasteiger partial charge is 0.339 e. The highest BCUT2D eigenvalue weighted by Crippen LogP contribution is 2.26. The molecular weight excluding hydrogens is 416 g/mol. The SMILES string of the molecule is CSc1ccc(S(=O)(=O)NCc2ccccc2Cl)cc1C(=O)N1CCCCC1. The molecule has 0 aromatic heterocycles. The van der Waals surface area contributed by atoms with Crippen molar-refractivity contribution in [2.75, 3.05) is 19.3 Å². The Balaban J connectivity index is 1.84. The number of hydrogen-bond donors (Lipinski definition) is 1. The van der Waals surface area contributed by atoms with E-state index in [1.807, 2.05) is 11.2 Å². The fourth-order valence-corrected chi connectivity index (χ4v) is 4.99. The first-order chi connectivity index (χ1) is 13.4. The van der Waals surface area contributed by atoms with Crippen LogP contribution in [0.25, 0.3) is 0 Å². The first kappa shape index (κ1) is 21.2. The highest BCUT2D eigenvalue weighted by molar-refractivity contribution is 7.98. The Kier molecular flexibility index (Phi) is 7.04.